The number of nitrogens with zero attached hydrogens (tertiary/aromatic N) is 2. The van der Waals surface area contributed by atoms with E-state index in [1.807, 2.05) is 24.3 Å². The van der Waals surface area contributed by atoms with Crippen LogP contribution in [-0.4, -0.2) is 22.7 Å². The molecule has 2 rings (SSSR count). The first-order chi connectivity index (χ1) is 10.1. The monoisotopic (exact) mass is 351 g/mol. The van der Waals surface area contributed by atoms with Crippen LogP contribution in [0.3, 0.4) is 0 Å². The van der Waals surface area contributed by atoms with E-state index in [1.54, 1.807) is 0 Å². The van der Waals surface area contributed by atoms with Gasteiger partial charge in [-0.3, -0.25) is 0 Å². The third kappa shape index (κ3) is 4.64. The van der Waals surface area contributed by atoms with Crippen molar-refractivity contribution in [2.75, 3.05) is 6.54 Å². The van der Waals surface area contributed by atoms with Crippen molar-refractivity contribution >= 4 is 15.9 Å². The van der Waals surface area contributed by atoms with Gasteiger partial charge in [0.1, 0.15) is 0 Å². The number of benzene rings is 1. The Morgan fingerprint density at radius 3 is 2.57 bits per heavy atom. The van der Waals surface area contributed by atoms with Gasteiger partial charge in [-0.2, -0.15) is 4.98 Å². The predicted molar refractivity (Wildman–Crippen MR) is 88.1 cm³/mol. The van der Waals surface area contributed by atoms with Gasteiger partial charge in [0.2, 0.25) is 11.7 Å². The second kappa shape index (κ2) is 7.71. The van der Waals surface area contributed by atoms with Crippen molar-refractivity contribution in [1.29, 1.82) is 0 Å². The van der Waals surface area contributed by atoms with Crippen LogP contribution in [-0.2, 0) is 6.42 Å². The Morgan fingerprint density at radius 2 is 1.95 bits per heavy atom. The molecule has 0 fully saturated rings. The average molecular weight is 352 g/mol. The summed E-state index contributed by atoms with van der Waals surface area (Å²) in [5, 5.41) is 7.62. The van der Waals surface area contributed by atoms with E-state index in [0.29, 0.717) is 23.7 Å². The van der Waals surface area contributed by atoms with Crippen LogP contribution in [0.5, 0.6) is 0 Å². The fourth-order valence-electron chi connectivity index (χ4n) is 2.12. The van der Waals surface area contributed by atoms with E-state index >= 15 is 0 Å². The van der Waals surface area contributed by atoms with Crippen LogP contribution in [0.2, 0.25) is 0 Å². The molecule has 0 aliphatic carbocycles. The number of hydrogen-bond donors (Lipinski definition) is 1. The second-order valence-corrected chi connectivity index (χ2v) is 6.44. The van der Waals surface area contributed by atoms with E-state index in [1.165, 1.54) is 0 Å². The van der Waals surface area contributed by atoms with Crippen LogP contribution < -0.4 is 5.32 Å². The summed E-state index contributed by atoms with van der Waals surface area (Å²) in [7, 11) is 0. The molecule has 21 heavy (non-hydrogen) atoms. The van der Waals surface area contributed by atoms with Gasteiger partial charge in [-0.1, -0.05) is 41.9 Å². The molecule has 0 saturated carbocycles. The summed E-state index contributed by atoms with van der Waals surface area (Å²) in [4.78, 5) is 4.51. The van der Waals surface area contributed by atoms with Crippen molar-refractivity contribution in [3.8, 4) is 11.4 Å². The first-order valence-corrected chi connectivity index (χ1v) is 8.21. The zero-order chi connectivity index (χ0) is 15.2. The molecule has 1 unspecified atom stereocenters. The quantitative estimate of drug-likeness (QED) is 0.816. The first kappa shape index (κ1) is 16.2. The van der Waals surface area contributed by atoms with Gasteiger partial charge in [-0.25, -0.2) is 0 Å². The molecule has 0 amide bonds. The highest BCUT2D eigenvalue weighted by molar-refractivity contribution is 9.10. The highest BCUT2D eigenvalue weighted by Crippen LogP contribution is 2.19. The standard InChI is InChI=1S/C16H22BrN3O/c1-4-9-18-14(11(2)3)10-15-19-16(20-21-15)12-5-7-13(17)8-6-12/h5-8,11,14,18H,4,9-10H2,1-3H3. The minimum Gasteiger partial charge on any atom is -0.339 e. The fraction of sp³-hybridized carbons (Fsp3) is 0.500. The molecule has 2 aromatic rings. The molecule has 0 aliphatic rings. The second-order valence-electron chi connectivity index (χ2n) is 5.53. The van der Waals surface area contributed by atoms with Crippen LogP contribution in [0.15, 0.2) is 33.3 Å². The smallest absolute Gasteiger partial charge is 0.228 e. The lowest BCUT2D eigenvalue weighted by atomic mass is 10.0. The van der Waals surface area contributed by atoms with Crippen LogP contribution >= 0.6 is 15.9 Å². The summed E-state index contributed by atoms with van der Waals surface area (Å²) >= 11 is 3.42. The van der Waals surface area contributed by atoms with Gasteiger partial charge in [-0.05, 0) is 43.1 Å². The van der Waals surface area contributed by atoms with Gasteiger partial charge >= 0.3 is 0 Å². The molecule has 1 atom stereocenters. The Bertz CT molecular complexity index is 551. The molecule has 1 aromatic carbocycles. The van der Waals surface area contributed by atoms with Crippen LogP contribution in [0.4, 0.5) is 0 Å². The van der Waals surface area contributed by atoms with Gasteiger partial charge in [0.25, 0.3) is 0 Å². The molecule has 114 valence electrons. The lowest BCUT2D eigenvalue weighted by Crippen LogP contribution is -2.36. The topological polar surface area (TPSA) is 51.0 Å². The third-order valence-corrected chi connectivity index (χ3v) is 3.95. The highest BCUT2D eigenvalue weighted by atomic mass is 79.9. The van der Waals surface area contributed by atoms with Gasteiger partial charge in [0.15, 0.2) is 0 Å². The number of aromatic nitrogens is 2. The first-order valence-electron chi connectivity index (χ1n) is 7.42. The third-order valence-electron chi connectivity index (χ3n) is 3.43. The molecule has 5 heteroatoms. The van der Waals surface area contributed by atoms with E-state index in [9.17, 15) is 0 Å². The Hall–Kier alpha value is -1.20. The van der Waals surface area contributed by atoms with Crippen LogP contribution in [0.1, 0.15) is 33.1 Å². The Balaban J connectivity index is 2.06. The largest absolute Gasteiger partial charge is 0.339 e. The lowest BCUT2D eigenvalue weighted by molar-refractivity contribution is 0.326. The summed E-state index contributed by atoms with van der Waals surface area (Å²) in [5.41, 5.74) is 0.968. The minimum atomic E-state index is 0.364. The van der Waals surface area contributed by atoms with Crippen LogP contribution in [0, 0.1) is 5.92 Å². The number of rotatable bonds is 7. The molecular weight excluding hydrogens is 330 g/mol. The number of halogens is 1. The molecule has 1 aromatic heterocycles. The molecular formula is C16H22BrN3O. The zero-order valence-corrected chi connectivity index (χ0v) is 14.4. The number of nitrogens with one attached hydrogen (secondary N) is 1. The Labute approximate surface area is 134 Å². The van der Waals surface area contributed by atoms with Gasteiger partial charge in [0.05, 0.1) is 0 Å². The molecule has 1 heterocycles. The zero-order valence-electron chi connectivity index (χ0n) is 12.8. The summed E-state index contributed by atoms with van der Waals surface area (Å²) in [6, 6.07) is 8.28. The van der Waals surface area contributed by atoms with Crippen molar-refractivity contribution in [2.45, 2.75) is 39.7 Å². The summed E-state index contributed by atoms with van der Waals surface area (Å²) < 4.78 is 6.44. The fourth-order valence-corrected chi connectivity index (χ4v) is 2.38. The van der Waals surface area contributed by atoms with Crippen molar-refractivity contribution in [3.63, 3.8) is 0 Å². The van der Waals surface area contributed by atoms with Gasteiger partial charge in [0, 0.05) is 22.5 Å². The van der Waals surface area contributed by atoms with E-state index in [4.69, 9.17) is 4.52 Å². The summed E-state index contributed by atoms with van der Waals surface area (Å²) in [6.45, 7) is 7.60. The molecule has 0 radical (unpaired) electrons. The molecule has 1 N–H and O–H groups in total. The van der Waals surface area contributed by atoms with Crippen LogP contribution in [0.25, 0.3) is 11.4 Å². The average Bonchev–Trinajstić information content (AvgIpc) is 2.92. The normalized spacial score (nSPS) is 12.8. The molecule has 0 aliphatic heterocycles. The maximum absolute atomic E-state index is 5.40. The number of hydrogen-bond acceptors (Lipinski definition) is 4. The van der Waals surface area contributed by atoms with Gasteiger partial charge in [-0.15, -0.1) is 0 Å². The lowest BCUT2D eigenvalue weighted by Gasteiger charge is -2.20. The maximum Gasteiger partial charge on any atom is 0.228 e. The van der Waals surface area contributed by atoms with E-state index < -0.39 is 0 Å². The molecule has 4 nitrogen and oxygen atoms in total. The molecule has 0 saturated heterocycles. The minimum absolute atomic E-state index is 0.364. The van der Waals surface area contributed by atoms with Crippen molar-refractivity contribution in [2.24, 2.45) is 5.92 Å². The van der Waals surface area contributed by atoms with Crippen molar-refractivity contribution in [1.82, 2.24) is 15.5 Å². The Kier molecular flexibility index (Phi) is 5.94. The molecule has 0 spiro atoms. The van der Waals surface area contributed by atoms with Gasteiger partial charge < -0.3 is 9.84 Å². The SMILES string of the molecule is CCCNC(Cc1nc(-c2ccc(Br)cc2)no1)C(C)C. The Morgan fingerprint density at radius 1 is 1.24 bits per heavy atom. The summed E-state index contributed by atoms with van der Waals surface area (Å²) in [6.07, 6.45) is 1.89. The van der Waals surface area contributed by atoms with Crippen molar-refractivity contribution in [3.05, 3.63) is 34.6 Å². The molecule has 0 bridgehead atoms. The van der Waals surface area contributed by atoms with Crippen molar-refractivity contribution < 1.29 is 4.52 Å². The summed E-state index contributed by atoms with van der Waals surface area (Å²) in [5.74, 6) is 1.87. The van der Waals surface area contributed by atoms with E-state index in [2.05, 4.69) is 52.2 Å². The maximum atomic E-state index is 5.40. The predicted octanol–water partition coefficient (Wildman–Crippen LogP) is 4.07. The highest BCUT2D eigenvalue weighted by Gasteiger charge is 2.17. The van der Waals surface area contributed by atoms with E-state index in [0.717, 1.165) is 29.4 Å². The van der Waals surface area contributed by atoms with E-state index in [-0.39, 0.29) is 0 Å².